The molecule has 2 amide bonds. The van der Waals surface area contributed by atoms with Gasteiger partial charge in [0, 0.05) is 11.3 Å². The molecular weight excluding hydrogens is 230 g/mol. The first kappa shape index (κ1) is 14.2. The summed E-state index contributed by atoms with van der Waals surface area (Å²) >= 11 is 0. The van der Waals surface area contributed by atoms with Crippen LogP contribution in [0.25, 0.3) is 0 Å². The van der Waals surface area contributed by atoms with Gasteiger partial charge in [-0.3, -0.25) is 9.59 Å². The first-order chi connectivity index (χ1) is 8.45. The van der Waals surface area contributed by atoms with E-state index in [0.717, 1.165) is 12.0 Å². The molecule has 0 saturated heterocycles. The zero-order valence-corrected chi connectivity index (χ0v) is 10.7. The lowest BCUT2D eigenvalue weighted by molar-refractivity contribution is -0.117. The van der Waals surface area contributed by atoms with Gasteiger partial charge in [0.05, 0.1) is 6.04 Å². The normalized spacial score (nSPS) is 11.9. The van der Waals surface area contributed by atoms with Gasteiger partial charge in [-0.05, 0) is 37.1 Å². The van der Waals surface area contributed by atoms with E-state index in [-0.39, 0.29) is 5.91 Å². The fourth-order valence-corrected chi connectivity index (χ4v) is 1.62. The number of hydrogen-bond acceptors (Lipinski definition) is 3. The van der Waals surface area contributed by atoms with Gasteiger partial charge in [-0.25, -0.2) is 0 Å². The molecule has 98 valence electrons. The SMILES string of the molecule is CCC[C@H](N)C(=O)Nc1ccc(C(N)=O)cc1C. The number of nitrogens with one attached hydrogen (secondary N) is 1. The van der Waals surface area contributed by atoms with E-state index in [0.29, 0.717) is 17.7 Å². The molecule has 0 bridgehead atoms. The van der Waals surface area contributed by atoms with E-state index in [9.17, 15) is 9.59 Å². The molecule has 0 unspecified atom stereocenters. The van der Waals surface area contributed by atoms with Gasteiger partial charge in [-0.15, -0.1) is 0 Å². The fraction of sp³-hybridized carbons (Fsp3) is 0.385. The molecule has 0 heterocycles. The van der Waals surface area contributed by atoms with Crippen molar-refractivity contribution in [2.45, 2.75) is 32.7 Å². The van der Waals surface area contributed by atoms with Crippen LogP contribution in [0.3, 0.4) is 0 Å². The third-order valence-corrected chi connectivity index (χ3v) is 2.71. The average molecular weight is 249 g/mol. The van der Waals surface area contributed by atoms with Crippen LogP contribution in [0.5, 0.6) is 0 Å². The van der Waals surface area contributed by atoms with Gasteiger partial charge in [0.2, 0.25) is 11.8 Å². The second kappa shape index (κ2) is 6.16. The number of primary amides is 1. The highest BCUT2D eigenvalue weighted by molar-refractivity contribution is 5.97. The summed E-state index contributed by atoms with van der Waals surface area (Å²) in [5, 5.41) is 2.74. The first-order valence-corrected chi connectivity index (χ1v) is 5.92. The summed E-state index contributed by atoms with van der Waals surface area (Å²) < 4.78 is 0. The van der Waals surface area contributed by atoms with Gasteiger partial charge in [0.15, 0.2) is 0 Å². The van der Waals surface area contributed by atoms with E-state index < -0.39 is 11.9 Å². The summed E-state index contributed by atoms with van der Waals surface area (Å²) in [6.07, 6.45) is 1.50. The molecule has 1 atom stereocenters. The van der Waals surface area contributed by atoms with Crippen molar-refractivity contribution < 1.29 is 9.59 Å². The number of aryl methyl sites for hydroxylation is 1. The predicted molar refractivity (Wildman–Crippen MR) is 71.2 cm³/mol. The lowest BCUT2D eigenvalue weighted by Crippen LogP contribution is -2.35. The van der Waals surface area contributed by atoms with Gasteiger partial charge in [-0.2, -0.15) is 0 Å². The summed E-state index contributed by atoms with van der Waals surface area (Å²) in [7, 11) is 0. The summed E-state index contributed by atoms with van der Waals surface area (Å²) in [4.78, 5) is 22.7. The van der Waals surface area contributed by atoms with Crippen molar-refractivity contribution >= 4 is 17.5 Å². The Bertz CT molecular complexity index is 458. The average Bonchev–Trinajstić information content (AvgIpc) is 2.31. The minimum Gasteiger partial charge on any atom is -0.366 e. The predicted octanol–water partition coefficient (Wildman–Crippen LogP) is 1.16. The number of amides is 2. The number of rotatable bonds is 5. The van der Waals surface area contributed by atoms with Crippen LogP contribution >= 0.6 is 0 Å². The third kappa shape index (κ3) is 3.56. The zero-order valence-electron chi connectivity index (χ0n) is 10.7. The second-order valence-electron chi connectivity index (χ2n) is 4.28. The largest absolute Gasteiger partial charge is 0.366 e. The summed E-state index contributed by atoms with van der Waals surface area (Å²) in [5.41, 5.74) is 12.7. The molecule has 0 aliphatic carbocycles. The molecule has 0 aromatic heterocycles. The molecule has 0 spiro atoms. The van der Waals surface area contributed by atoms with Crippen molar-refractivity contribution in [3.05, 3.63) is 29.3 Å². The van der Waals surface area contributed by atoms with Crippen molar-refractivity contribution in [2.75, 3.05) is 5.32 Å². The molecule has 0 saturated carbocycles. The lowest BCUT2D eigenvalue weighted by Gasteiger charge is -2.13. The zero-order chi connectivity index (χ0) is 13.7. The minimum atomic E-state index is -0.509. The van der Waals surface area contributed by atoms with Crippen LogP contribution in [-0.2, 0) is 4.79 Å². The summed E-state index contributed by atoms with van der Waals surface area (Å²) in [6.45, 7) is 3.77. The summed E-state index contributed by atoms with van der Waals surface area (Å²) in [5.74, 6) is -0.703. The van der Waals surface area contributed by atoms with Crippen LogP contribution in [0.4, 0.5) is 5.69 Å². The summed E-state index contributed by atoms with van der Waals surface area (Å²) in [6, 6.07) is 4.37. The van der Waals surface area contributed by atoms with Crippen LogP contribution in [0.2, 0.25) is 0 Å². The second-order valence-corrected chi connectivity index (χ2v) is 4.28. The number of nitrogens with two attached hydrogens (primary N) is 2. The van der Waals surface area contributed by atoms with Crippen LogP contribution < -0.4 is 16.8 Å². The number of carbonyl (C=O) groups excluding carboxylic acids is 2. The van der Waals surface area contributed by atoms with E-state index in [1.807, 2.05) is 6.92 Å². The maximum Gasteiger partial charge on any atom is 0.248 e. The van der Waals surface area contributed by atoms with E-state index in [4.69, 9.17) is 11.5 Å². The van der Waals surface area contributed by atoms with Crippen LogP contribution in [0, 0.1) is 6.92 Å². The van der Waals surface area contributed by atoms with Gasteiger partial charge in [-0.1, -0.05) is 13.3 Å². The molecule has 1 aromatic rings. The highest BCUT2D eigenvalue weighted by Gasteiger charge is 2.13. The van der Waals surface area contributed by atoms with E-state index >= 15 is 0 Å². The van der Waals surface area contributed by atoms with Crippen molar-refractivity contribution in [2.24, 2.45) is 11.5 Å². The van der Waals surface area contributed by atoms with E-state index in [2.05, 4.69) is 5.32 Å². The topological polar surface area (TPSA) is 98.2 Å². The molecule has 1 aromatic carbocycles. The molecule has 5 N–H and O–H groups in total. The maximum absolute atomic E-state index is 11.7. The number of hydrogen-bond donors (Lipinski definition) is 3. The van der Waals surface area contributed by atoms with Gasteiger partial charge in [0.1, 0.15) is 0 Å². The quantitative estimate of drug-likeness (QED) is 0.730. The first-order valence-electron chi connectivity index (χ1n) is 5.92. The van der Waals surface area contributed by atoms with Crippen molar-refractivity contribution in [3.63, 3.8) is 0 Å². The van der Waals surface area contributed by atoms with Crippen molar-refractivity contribution in [1.29, 1.82) is 0 Å². The number of anilines is 1. The standard InChI is InChI=1S/C13H19N3O2/c1-3-4-10(14)13(18)16-11-6-5-9(12(15)17)7-8(11)2/h5-7,10H,3-4,14H2,1-2H3,(H2,15,17)(H,16,18)/t10-/m0/s1. The van der Waals surface area contributed by atoms with E-state index in [1.54, 1.807) is 25.1 Å². The highest BCUT2D eigenvalue weighted by Crippen LogP contribution is 2.16. The van der Waals surface area contributed by atoms with Crippen LogP contribution in [-0.4, -0.2) is 17.9 Å². The monoisotopic (exact) mass is 249 g/mol. The Hall–Kier alpha value is -1.88. The lowest BCUT2D eigenvalue weighted by atomic mass is 10.1. The Kier molecular flexibility index (Phi) is 4.85. The van der Waals surface area contributed by atoms with Gasteiger partial charge >= 0.3 is 0 Å². The Morgan fingerprint density at radius 2 is 2.06 bits per heavy atom. The Morgan fingerprint density at radius 3 is 2.56 bits per heavy atom. The molecular formula is C13H19N3O2. The molecule has 5 heteroatoms. The molecule has 0 radical (unpaired) electrons. The molecule has 0 aliphatic heterocycles. The smallest absolute Gasteiger partial charge is 0.248 e. The molecule has 1 rings (SSSR count). The minimum absolute atomic E-state index is 0.216. The number of benzene rings is 1. The molecule has 0 aliphatic rings. The van der Waals surface area contributed by atoms with Gasteiger partial charge in [0.25, 0.3) is 0 Å². The fourth-order valence-electron chi connectivity index (χ4n) is 1.62. The van der Waals surface area contributed by atoms with Crippen molar-refractivity contribution in [3.8, 4) is 0 Å². The van der Waals surface area contributed by atoms with Crippen molar-refractivity contribution in [1.82, 2.24) is 0 Å². The van der Waals surface area contributed by atoms with Gasteiger partial charge < -0.3 is 16.8 Å². The molecule has 5 nitrogen and oxygen atoms in total. The van der Waals surface area contributed by atoms with Crippen LogP contribution in [0.1, 0.15) is 35.7 Å². The van der Waals surface area contributed by atoms with E-state index in [1.165, 1.54) is 0 Å². The molecule has 0 fully saturated rings. The maximum atomic E-state index is 11.7. The molecule has 18 heavy (non-hydrogen) atoms. The highest BCUT2D eigenvalue weighted by atomic mass is 16.2. The Balaban J connectivity index is 2.79. The number of carbonyl (C=O) groups is 2. The third-order valence-electron chi connectivity index (χ3n) is 2.71. The Labute approximate surface area is 107 Å². The Morgan fingerprint density at radius 1 is 1.39 bits per heavy atom. The van der Waals surface area contributed by atoms with Crippen LogP contribution in [0.15, 0.2) is 18.2 Å².